The van der Waals surface area contributed by atoms with E-state index in [0.717, 1.165) is 7.11 Å². The number of amides is 1. The third-order valence-corrected chi connectivity index (χ3v) is 4.79. The van der Waals surface area contributed by atoms with Gasteiger partial charge in [0.2, 0.25) is 11.6 Å². The molecule has 0 saturated carbocycles. The number of hydrogen-bond acceptors (Lipinski definition) is 6. The highest BCUT2D eigenvalue weighted by Crippen LogP contribution is 2.35. The Morgan fingerprint density at radius 3 is 2.18 bits per heavy atom. The lowest BCUT2D eigenvalue weighted by atomic mass is 10.1. The number of thiophene rings is 1. The van der Waals surface area contributed by atoms with Crippen LogP contribution in [0.5, 0.6) is 5.75 Å². The maximum atomic E-state index is 14.1. The Balaban J connectivity index is 2.51. The number of carbonyl (C=O) groups is 2. The number of hydrogen-bond donors (Lipinski definition) is 1. The van der Waals surface area contributed by atoms with Crippen molar-refractivity contribution >= 4 is 28.2 Å². The molecule has 0 saturated heterocycles. The molecule has 0 spiro atoms. The second-order valence-electron chi connectivity index (χ2n) is 5.21. The molecule has 0 fully saturated rings. The summed E-state index contributed by atoms with van der Waals surface area (Å²) in [7, 11) is 0.796. The standard InChI is InChI=1S/C17H12F4N2O4S/c1-4-27-17(25)14-6(2)7(5-22)16(28-14)23-15(24)8-9(18)11(20)13(26-3)12(21)10(8)19/h4H2,1-3H3,(H,23,24). The van der Waals surface area contributed by atoms with Gasteiger partial charge in [0.05, 0.1) is 19.3 Å². The summed E-state index contributed by atoms with van der Waals surface area (Å²) in [4.78, 5) is 24.2. The van der Waals surface area contributed by atoms with Gasteiger partial charge in [-0.25, -0.2) is 13.6 Å². The molecular formula is C17H12F4N2O4S. The first-order chi connectivity index (χ1) is 13.2. The predicted octanol–water partition coefficient (Wildman–Crippen LogP) is 3.92. The Bertz CT molecular complexity index is 985. The number of esters is 1. The molecule has 1 N–H and O–H groups in total. The summed E-state index contributed by atoms with van der Waals surface area (Å²) in [6.07, 6.45) is 0. The monoisotopic (exact) mass is 416 g/mol. The SMILES string of the molecule is CCOC(=O)c1sc(NC(=O)c2c(F)c(F)c(OC)c(F)c2F)c(C#N)c1C. The molecule has 0 radical (unpaired) electrons. The van der Waals surface area contributed by atoms with E-state index in [1.165, 1.54) is 6.92 Å². The number of methoxy groups -OCH3 is 1. The number of benzene rings is 1. The second kappa shape index (κ2) is 8.26. The lowest BCUT2D eigenvalue weighted by Gasteiger charge is -2.10. The molecule has 1 heterocycles. The van der Waals surface area contributed by atoms with Gasteiger partial charge in [-0.15, -0.1) is 11.3 Å². The zero-order chi connectivity index (χ0) is 21.2. The zero-order valence-electron chi connectivity index (χ0n) is 14.7. The summed E-state index contributed by atoms with van der Waals surface area (Å²) in [6.45, 7) is 3.03. The number of anilines is 1. The third-order valence-electron chi connectivity index (χ3n) is 3.60. The van der Waals surface area contributed by atoms with Crippen molar-refractivity contribution in [1.29, 1.82) is 5.26 Å². The van der Waals surface area contributed by atoms with Gasteiger partial charge in [-0.3, -0.25) is 4.79 Å². The van der Waals surface area contributed by atoms with Crippen LogP contribution in [0.25, 0.3) is 0 Å². The highest BCUT2D eigenvalue weighted by atomic mass is 32.1. The van der Waals surface area contributed by atoms with Crippen molar-refractivity contribution in [3.63, 3.8) is 0 Å². The second-order valence-corrected chi connectivity index (χ2v) is 6.23. The van der Waals surface area contributed by atoms with Gasteiger partial charge in [0.25, 0.3) is 5.91 Å². The van der Waals surface area contributed by atoms with Crippen LogP contribution < -0.4 is 10.1 Å². The Kier molecular flexibility index (Phi) is 6.25. The predicted molar refractivity (Wildman–Crippen MR) is 90.5 cm³/mol. The van der Waals surface area contributed by atoms with Crippen LogP contribution in [0.1, 0.15) is 38.1 Å². The molecule has 11 heteroatoms. The Morgan fingerprint density at radius 1 is 1.14 bits per heavy atom. The molecular weight excluding hydrogens is 404 g/mol. The number of halogens is 4. The number of rotatable bonds is 5. The molecule has 28 heavy (non-hydrogen) atoms. The molecule has 0 aliphatic heterocycles. The maximum absolute atomic E-state index is 14.1. The van der Waals surface area contributed by atoms with E-state index >= 15 is 0 Å². The van der Waals surface area contributed by atoms with E-state index in [1.807, 2.05) is 5.32 Å². The van der Waals surface area contributed by atoms with Crippen molar-refractivity contribution in [2.45, 2.75) is 13.8 Å². The van der Waals surface area contributed by atoms with Crippen LogP contribution in [0.15, 0.2) is 0 Å². The lowest BCUT2D eigenvalue weighted by molar-refractivity contribution is 0.0531. The summed E-state index contributed by atoms with van der Waals surface area (Å²) in [5.74, 6) is -11.3. The summed E-state index contributed by atoms with van der Waals surface area (Å²) in [6, 6.07) is 1.74. The van der Waals surface area contributed by atoms with Crippen LogP contribution in [0, 0.1) is 41.5 Å². The van der Waals surface area contributed by atoms with Crippen molar-refractivity contribution < 1.29 is 36.6 Å². The van der Waals surface area contributed by atoms with E-state index in [2.05, 4.69) is 4.74 Å². The Hall–Kier alpha value is -3.13. The van der Waals surface area contributed by atoms with Gasteiger partial charge in [0.1, 0.15) is 21.5 Å². The van der Waals surface area contributed by atoms with Crippen molar-refractivity contribution in [3.8, 4) is 11.8 Å². The zero-order valence-corrected chi connectivity index (χ0v) is 15.5. The first-order valence-corrected chi connectivity index (χ1v) is 8.42. The smallest absolute Gasteiger partial charge is 0.348 e. The molecule has 0 aliphatic rings. The van der Waals surface area contributed by atoms with Gasteiger partial charge in [0, 0.05) is 0 Å². The Labute approximate surface area is 160 Å². The van der Waals surface area contributed by atoms with Crippen molar-refractivity contribution in [2.75, 3.05) is 19.0 Å². The molecule has 1 aromatic carbocycles. The van der Waals surface area contributed by atoms with E-state index in [-0.39, 0.29) is 27.6 Å². The molecule has 1 amide bonds. The molecule has 1 aromatic heterocycles. The van der Waals surface area contributed by atoms with Gasteiger partial charge < -0.3 is 14.8 Å². The molecule has 2 aromatic rings. The van der Waals surface area contributed by atoms with E-state index < -0.39 is 46.5 Å². The van der Waals surface area contributed by atoms with Gasteiger partial charge >= 0.3 is 5.97 Å². The van der Waals surface area contributed by atoms with Gasteiger partial charge in [-0.05, 0) is 19.4 Å². The van der Waals surface area contributed by atoms with Crippen LogP contribution in [-0.2, 0) is 4.74 Å². The summed E-state index contributed by atoms with van der Waals surface area (Å²) >= 11 is 0.623. The van der Waals surface area contributed by atoms with Crippen LogP contribution in [-0.4, -0.2) is 25.6 Å². The average molecular weight is 416 g/mol. The minimum absolute atomic E-state index is 0.0123. The van der Waals surface area contributed by atoms with Crippen molar-refractivity contribution in [2.24, 2.45) is 0 Å². The highest BCUT2D eigenvalue weighted by molar-refractivity contribution is 7.18. The maximum Gasteiger partial charge on any atom is 0.348 e. The molecule has 0 bridgehead atoms. The van der Waals surface area contributed by atoms with Gasteiger partial charge in [0.15, 0.2) is 17.4 Å². The largest absolute Gasteiger partial charge is 0.491 e. The molecule has 2 rings (SSSR count). The summed E-state index contributed by atoms with van der Waals surface area (Å²) in [5, 5.41) is 11.0. The van der Waals surface area contributed by atoms with Crippen molar-refractivity contribution in [3.05, 3.63) is 44.8 Å². The lowest BCUT2D eigenvalue weighted by Crippen LogP contribution is -2.18. The first kappa shape index (κ1) is 21.2. The fourth-order valence-electron chi connectivity index (χ4n) is 2.28. The van der Waals surface area contributed by atoms with Crippen LogP contribution in [0.3, 0.4) is 0 Å². The van der Waals surface area contributed by atoms with E-state index in [1.54, 1.807) is 13.0 Å². The number of nitriles is 1. The number of nitrogens with zero attached hydrogens (tertiary/aromatic N) is 1. The third kappa shape index (κ3) is 3.50. The number of ether oxygens (including phenoxy) is 2. The average Bonchev–Trinajstić information content (AvgIpc) is 2.96. The Morgan fingerprint density at radius 2 is 1.71 bits per heavy atom. The van der Waals surface area contributed by atoms with Crippen LogP contribution in [0.2, 0.25) is 0 Å². The molecule has 6 nitrogen and oxygen atoms in total. The quantitative estimate of drug-likeness (QED) is 0.453. The molecule has 0 unspecified atom stereocenters. The highest BCUT2D eigenvalue weighted by Gasteiger charge is 2.31. The van der Waals surface area contributed by atoms with E-state index in [0.29, 0.717) is 11.3 Å². The van der Waals surface area contributed by atoms with Crippen LogP contribution in [0.4, 0.5) is 22.6 Å². The van der Waals surface area contributed by atoms with E-state index in [9.17, 15) is 32.4 Å². The minimum atomic E-state index is -1.97. The fourth-order valence-corrected chi connectivity index (χ4v) is 3.33. The normalized spacial score (nSPS) is 10.4. The van der Waals surface area contributed by atoms with Crippen LogP contribution >= 0.6 is 11.3 Å². The van der Waals surface area contributed by atoms with Crippen molar-refractivity contribution in [1.82, 2.24) is 0 Å². The molecule has 0 aliphatic carbocycles. The first-order valence-electron chi connectivity index (χ1n) is 7.61. The summed E-state index contributed by atoms with van der Waals surface area (Å²) in [5.41, 5.74) is -1.52. The van der Waals surface area contributed by atoms with E-state index in [4.69, 9.17) is 4.74 Å². The topological polar surface area (TPSA) is 88.4 Å². The molecule has 0 atom stereocenters. The summed E-state index contributed by atoms with van der Waals surface area (Å²) < 4.78 is 64.8. The van der Waals surface area contributed by atoms with Gasteiger partial charge in [-0.2, -0.15) is 14.0 Å². The molecule has 148 valence electrons. The number of carbonyl (C=O) groups excluding carboxylic acids is 2. The van der Waals surface area contributed by atoms with Gasteiger partial charge in [-0.1, -0.05) is 0 Å². The number of nitrogens with one attached hydrogen (secondary N) is 1. The fraction of sp³-hybridized carbons (Fsp3) is 0.235. The minimum Gasteiger partial charge on any atom is -0.491 e.